The molecule has 0 fully saturated rings. The largest absolute Gasteiger partial charge is 0.319 e. The minimum absolute atomic E-state index is 0.927. The highest BCUT2D eigenvalue weighted by molar-refractivity contribution is 5.99. The Morgan fingerprint density at radius 1 is 0.850 bits per heavy atom. The highest BCUT2D eigenvalue weighted by Crippen LogP contribution is 2.39. The van der Waals surface area contributed by atoms with E-state index in [0.29, 0.717) is 0 Å². The van der Waals surface area contributed by atoms with Gasteiger partial charge in [0, 0.05) is 5.56 Å². The molecule has 5 rings (SSSR count). The quantitative estimate of drug-likeness (QED) is 0.405. The van der Waals surface area contributed by atoms with Gasteiger partial charge in [0.1, 0.15) is 5.82 Å². The van der Waals surface area contributed by atoms with Gasteiger partial charge in [-0.25, -0.2) is 4.98 Å². The summed E-state index contributed by atoms with van der Waals surface area (Å²) in [6.45, 7) is 0.927. The highest BCUT2D eigenvalue weighted by atomic mass is 15.1. The minimum atomic E-state index is 0.927. The van der Waals surface area contributed by atoms with Crippen molar-refractivity contribution in [2.75, 3.05) is 0 Å². The molecule has 0 atom stereocenters. The smallest absolute Gasteiger partial charge is 0.142 e. The lowest BCUT2D eigenvalue weighted by atomic mass is 10.0. The molecule has 3 aromatic carbocycles. The van der Waals surface area contributed by atoms with Gasteiger partial charge in [-0.1, -0.05) is 48.5 Å². The zero-order chi connectivity index (χ0) is 13.1. The molecular weight excluding hydrogens is 244 g/mol. The standard InChI is InChI=1S/C18H12N2/c1-2-6-14-12(5-1)9-10-13-11-20-16-8-4-3-7-15(16)19-18(20)17(13)14/h1-10H,11H2. The van der Waals surface area contributed by atoms with Gasteiger partial charge in [0.2, 0.25) is 0 Å². The Balaban J connectivity index is 1.95. The van der Waals surface area contributed by atoms with E-state index in [0.717, 1.165) is 17.9 Å². The maximum Gasteiger partial charge on any atom is 0.142 e. The van der Waals surface area contributed by atoms with Crippen LogP contribution in [-0.4, -0.2) is 9.55 Å². The van der Waals surface area contributed by atoms with Crippen molar-refractivity contribution in [1.82, 2.24) is 9.55 Å². The van der Waals surface area contributed by atoms with E-state index in [1.165, 1.54) is 27.4 Å². The summed E-state index contributed by atoms with van der Waals surface area (Å²) in [5.74, 6) is 1.11. The number of rotatable bonds is 0. The Labute approximate surface area is 116 Å². The number of benzene rings is 3. The molecular formula is C18H12N2. The topological polar surface area (TPSA) is 17.8 Å². The molecule has 0 saturated carbocycles. The van der Waals surface area contributed by atoms with Crippen LogP contribution in [0.25, 0.3) is 33.2 Å². The van der Waals surface area contributed by atoms with Crippen LogP contribution in [-0.2, 0) is 6.54 Å². The summed E-state index contributed by atoms with van der Waals surface area (Å²) in [5, 5.41) is 2.59. The molecule has 0 spiro atoms. The third-order valence-corrected chi connectivity index (χ3v) is 4.22. The average Bonchev–Trinajstić information content (AvgIpc) is 3.03. The van der Waals surface area contributed by atoms with Crippen LogP contribution in [0, 0.1) is 0 Å². The van der Waals surface area contributed by atoms with E-state index in [1.807, 2.05) is 0 Å². The molecule has 20 heavy (non-hydrogen) atoms. The van der Waals surface area contributed by atoms with Crippen molar-refractivity contribution in [3.05, 3.63) is 66.2 Å². The molecule has 0 N–H and O–H groups in total. The predicted octanol–water partition coefficient (Wildman–Crippen LogP) is 4.22. The molecule has 0 unspecified atom stereocenters. The molecule has 0 amide bonds. The molecule has 4 aromatic rings. The van der Waals surface area contributed by atoms with E-state index in [9.17, 15) is 0 Å². The van der Waals surface area contributed by atoms with Crippen molar-refractivity contribution < 1.29 is 0 Å². The van der Waals surface area contributed by atoms with Crippen molar-refractivity contribution in [3.8, 4) is 11.4 Å². The van der Waals surface area contributed by atoms with Gasteiger partial charge in [-0.15, -0.1) is 0 Å². The number of nitrogens with zero attached hydrogens (tertiary/aromatic N) is 2. The molecule has 2 heteroatoms. The first kappa shape index (κ1) is 10.2. The zero-order valence-electron chi connectivity index (χ0n) is 10.9. The highest BCUT2D eigenvalue weighted by Gasteiger charge is 2.24. The van der Waals surface area contributed by atoms with Crippen molar-refractivity contribution in [2.45, 2.75) is 6.54 Å². The third-order valence-electron chi connectivity index (χ3n) is 4.22. The second kappa shape index (κ2) is 3.48. The van der Waals surface area contributed by atoms with Crippen LogP contribution in [0.2, 0.25) is 0 Å². The van der Waals surface area contributed by atoms with Crippen molar-refractivity contribution in [3.63, 3.8) is 0 Å². The SMILES string of the molecule is c1ccc2c3c(ccc2c1)Cn1c-3nc2ccccc21. The normalized spacial score (nSPS) is 12.8. The predicted molar refractivity (Wildman–Crippen MR) is 81.8 cm³/mol. The summed E-state index contributed by atoms with van der Waals surface area (Å²) in [6.07, 6.45) is 0. The van der Waals surface area contributed by atoms with Gasteiger partial charge < -0.3 is 4.57 Å². The maximum atomic E-state index is 4.85. The van der Waals surface area contributed by atoms with E-state index in [1.54, 1.807) is 0 Å². The lowest BCUT2D eigenvalue weighted by Gasteiger charge is -2.03. The molecule has 2 nitrogen and oxygen atoms in total. The van der Waals surface area contributed by atoms with E-state index in [-0.39, 0.29) is 0 Å². The molecule has 1 aliphatic heterocycles. The first-order valence-electron chi connectivity index (χ1n) is 6.88. The Bertz CT molecular complexity index is 979. The number of imidazole rings is 1. The first-order chi connectivity index (χ1) is 9.92. The van der Waals surface area contributed by atoms with Gasteiger partial charge in [-0.2, -0.15) is 0 Å². The van der Waals surface area contributed by atoms with Crippen LogP contribution >= 0.6 is 0 Å². The van der Waals surface area contributed by atoms with E-state index in [4.69, 9.17) is 4.98 Å². The van der Waals surface area contributed by atoms with E-state index >= 15 is 0 Å². The monoisotopic (exact) mass is 256 g/mol. The fraction of sp³-hybridized carbons (Fsp3) is 0.0556. The second-order valence-corrected chi connectivity index (χ2v) is 5.33. The van der Waals surface area contributed by atoms with Gasteiger partial charge in [-0.05, 0) is 28.5 Å². The summed E-state index contributed by atoms with van der Waals surface area (Å²) in [5.41, 5.74) is 4.99. The van der Waals surface area contributed by atoms with E-state index < -0.39 is 0 Å². The summed E-state index contributed by atoms with van der Waals surface area (Å²) in [6, 6.07) is 21.4. The van der Waals surface area contributed by atoms with Crippen LogP contribution in [0.15, 0.2) is 60.7 Å². The molecule has 1 aromatic heterocycles. The average molecular weight is 256 g/mol. The van der Waals surface area contributed by atoms with Gasteiger partial charge in [0.25, 0.3) is 0 Å². The number of fused-ring (bicyclic) bond motifs is 7. The van der Waals surface area contributed by atoms with Crippen LogP contribution in [0.5, 0.6) is 0 Å². The van der Waals surface area contributed by atoms with Crippen molar-refractivity contribution in [1.29, 1.82) is 0 Å². The van der Waals surface area contributed by atoms with Crippen LogP contribution in [0.1, 0.15) is 5.56 Å². The maximum absolute atomic E-state index is 4.85. The molecule has 0 bridgehead atoms. The molecule has 2 heterocycles. The van der Waals surface area contributed by atoms with Gasteiger partial charge in [-0.3, -0.25) is 0 Å². The van der Waals surface area contributed by atoms with Gasteiger partial charge >= 0.3 is 0 Å². The van der Waals surface area contributed by atoms with Gasteiger partial charge in [0.05, 0.1) is 17.6 Å². The fourth-order valence-electron chi connectivity index (χ4n) is 3.31. The Morgan fingerprint density at radius 3 is 2.70 bits per heavy atom. The van der Waals surface area contributed by atoms with Crippen molar-refractivity contribution in [2.24, 2.45) is 0 Å². The van der Waals surface area contributed by atoms with E-state index in [2.05, 4.69) is 65.2 Å². The van der Waals surface area contributed by atoms with Crippen molar-refractivity contribution >= 4 is 21.8 Å². The summed E-state index contributed by atoms with van der Waals surface area (Å²) in [7, 11) is 0. The second-order valence-electron chi connectivity index (χ2n) is 5.33. The number of hydrogen-bond acceptors (Lipinski definition) is 1. The number of para-hydroxylation sites is 2. The summed E-state index contributed by atoms with van der Waals surface area (Å²) in [4.78, 5) is 4.85. The third kappa shape index (κ3) is 1.16. The minimum Gasteiger partial charge on any atom is -0.319 e. The fourth-order valence-corrected chi connectivity index (χ4v) is 3.31. The zero-order valence-corrected chi connectivity index (χ0v) is 10.9. The lowest BCUT2D eigenvalue weighted by molar-refractivity contribution is 0.879. The molecule has 1 aliphatic rings. The van der Waals surface area contributed by atoms with Crippen LogP contribution in [0.4, 0.5) is 0 Å². The summed E-state index contributed by atoms with van der Waals surface area (Å²) < 4.78 is 2.33. The Kier molecular flexibility index (Phi) is 1.78. The summed E-state index contributed by atoms with van der Waals surface area (Å²) >= 11 is 0. The lowest BCUT2D eigenvalue weighted by Crippen LogP contribution is -1.91. The Hall–Kier alpha value is -2.61. The molecule has 0 radical (unpaired) electrons. The van der Waals surface area contributed by atoms with Gasteiger partial charge in [0.15, 0.2) is 0 Å². The first-order valence-corrected chi connectivity index (χ1v) is 6.88. The van der Waals surface area contributed by atoms with Crippen LogP contribution < -0.4 is 0 Å². The Morgan fingerprint density at radius 2 is 1.70 bits per heavy atom. The molecule has 0 saturated heterocycles. The number of aromatic nitrogens is 2. The molecule has 94 valence electrons. The molecule has 0 aliphatic carbocycles. The van der Waals surface area contributed by atoms with Crippen LogP contribution in [0.3, 0.4) is 0 Å². The number of hydrogen-bond donors (Lipinski definition) is 0.